The Kier molecular flexibility index (Phi) is 6.16. The van der Waals surface area contributed by atoms with Crippen molar-refractivity contribution < 1.29 is 17.6 Å². The van der Waals surface area contributed by atoms with Crippen LogP contribution >= 0.6 is 0 Å². The normalized spacial score (nSPS) is 11.3. The van der Waals surface area contributed by atoms with E-state index >= 15 is 0 Å². The minimum absolute atomic E-state index is 0.0323. The summed E-state index contributed by atoms with van der Waals surface area (Å²) >= 11 is 0. The second-order valence-electron chi connectivity index (χ2n) is 7.08. The van der Waals surface area contributed by atoms with Crippen LogP contribution in [0, 0.1) is 6.92 Å². The molecule has 0 fully saturated rings. The molecule has 2 aromatic heterocycles. The number of rotatable bonds is 7. The van der Waals surface area contributed by atoms with Gasteiger partial charge in [-0.1, -0.05) is 36.4 Å². The summed E-state index contributed by atoms with van der Waals surface area (Å²) in [7, 11) is -3.78. The first-order valence-corrected chi connectivity index (χ1v) is 11.4. The minimum Gasteiger partial charge on any atom is -0.468 e. The number of carbonyl (C=O) groups is 1. The number of hydrogen-bond donors (Lipinski definition) is 2. The molecule has 0 saturated carbocycles. The monoisotopic (exact) mass is 447 g/mol. The van der Waals surface area contributed by atoms with Gasteiger partial charge in [0.15, 0.2) is 0 Å². The fourth-order valence-corrected chi connectivity index (χ4v) is 4.21. The lowest BCUT2D eigenvalue weighted by atomic mass is 10.1. The number of carbonyl (C=O) groups excluding carboxylic acids is 1. The molecule has 0 aliphatic rings. The van der Waals surface area contributed by atoms with Crippen LogP contribution in [-0.4, -0.2) is 19.3 Å². The van der Waals surface area contributed by atoms with E-state index in [0.29, 0.717) is 22.7 Å². The van der Waals surface area contributed by atoms with Crippen LogP contribution in [0.1, 0.15) is 21.8 Å². The molecule has 4 rings (SSSR count). The van der Waals surface area contributed by atoms with Gasteiger partial charge in [0.1, 0.15) is 5.76 Å². The molecule has 2 heterocycles. The maximum Gasteiger partial charge on any atom is 0.257 e. The summed E-state index contributed by atoms with van der Waals surface area (Å²) in [5.41, 5.74) is 3.09. The van der Waals surface area contributed by atoms with Gasteiger partial charge < -0.3 is 9.73 Å². The highest BCUT2D eigenvalue weighted by Gasteiger charge is 2.17. The average Bonchev–Trinajstić information content (AvgIpc) is 3.32. The second kappa shape index (κ2) is 9.17. The van der Waals surface area contributed by atoms with E-state index in [0.717, 1.165) is 11.3 Å². The first kappa shape index (κ1) is 21.5. The van der Waals surface area contributed by atoms with E-state index in [9.17, 15) is 13.2 Å². The van der Waals surface area contributed by atoms with E-state index in [1.54, 1.807) is 43.3 Å². The van der Waals surface area contributed by atoms with E-state index in [1.807, 2.05) is 30.3 Å². The lowest BCUT2D eigenvalue weighted by Crippen LogP contribution is -2.23. The summed E-state index contributed by atoms with van der Waals surface area (Å²) in [4.78, 5) is 17.4. The van der Waals surface area contributed by atoms with Crippen LogP contribution in [0.2, 0.25) is 0 Å². The fraction of sp³-hybridized carbons (Fsp3) is 0.0833. The van der Waals surface area contributed by atoms with Crippen molar-refractivity contribution >= 4 is 21.6 Å². The van der Waals surface area contributed by atoms with Crippen LogP contribution < -0.4 is 10.0 Å². The van der Waals surface area contributed by atoms with Gasteiger partial charge in [-0.15, -0.1) is 0 Å². The number of nitrogens with one attached hydrogen (secondary N) is 2. The summed E-state index contributed by atoms with van der Waals surface area (Å²) in [6.45, 7) is 1.80. The van der Waals surface area contributed by atoms with Gasteiger partial charge >= 0.3 is 0 Å². The van der Waals surface area contributed by atoms with Gasteiger partial charge in [-0.05, 0) is 49.4 Å². The molecule has 0 aliphatic heterocycles. The summed E-state index contributed by atoms with van der Waals surface area (Å²) in [6, 6.07) is 22.6. The van der Waals surface area contributed by atoms with Gasteiger partial charge in [-0.2, -0.15) is 0 Å². The topological polar surface area (TPSA) is 101 Å². The molecule has 8 heteroatoms. The van der Waals surface area contributed by atoms with Gasteiger partial charge in [0.05, 0.1) is 34.7 Å². The molecule has 2 N–H and O–H groups in total. The van der Waals surface area contributed by atoms with Crippen molar-refractivity contribution in [2.24, 2.45) is 0 Å². The number of sulfonamides is 1. The number of anilines is 1. The Morgan fingerprint density at radius 3 is 2.50 bits per heavy atom. The maximum atomic E-state index is 12.8. The molecule has 4 aromatic rings. The molecule has 1 amide bonds. The zero-order valence-electron chi connectivity index (χ0n) is 17.3. The number of aryl methyl sites for hydroxylation is 1. The second-order valence-corrected chi connectivity index (χ2v) is 8.85. The van der Waals surface area contributed by atoms with Crippen molar-refractivity contribution in [1.82, 2.24) is 9.71 Å². The highest BCUT2D eigenvalue weighted by molar-refractivity contribution is 7.89. The van der Waals surface area contributed by atoms with Crippen molar-refractivity contribution in [1.29, 1.82) is 0 Å². The molecule has 2 aromatic carbocycles. The fourth-order valence-electron chi connectivity index (χ4n) is 3.17. The van der Waals surface area contributed by atoms with Crippen LogP contribution in [0.3, 0.4) is 0 Å². The zero-order chi connectivity index (χ0) is 22.6. The Balaban J connectivity index is 1.49. The molecule has 0 unspecified atom stereocenters. The number of pyridine rings is 1. The Morgan fingerprint density at radius 2 is 1.78 bits per heavy atom. The Hall–Kier alpha value is -3.75. The van der Waals surface area contributed by atoms with E-state index in [-0.39, 0.29) is 17.3 Å². The number of nitrogens with zero attached hydrogens (tertiary/aromatic N) is 1. The Labute approximate surface area is 186 Å². The number of furan rings is 1. The summed E-state index contributed by atoms with van der Waals surface area (Å²) < 4.78 is 32.8. The smallest absolute Gasteiger partial charge is 0.257 e. The predicted octanol–water partition coefficient (Wildman–Crippen LogP) is 4.38. The molecule has 0 saturated heterocycles. The molecule has 162 valence electrons. The average molecular weight is 448 g/mol. The molecule has 0 aliphatic carbocycles. The van der Waals surface area contributed by atoms with Crippen molar-refractivity contribution in [3.63, 3.8) is 0 Å². The van der Waals surface area contributed by atoms with Gasteiger partial charge in [-0.3, -0.25) is 9.78 Å². The summed E-state index contributed by atoms with van der Waals surface area (Å²) in [5, 5.41) is 2.75. The van der Waals surface area contributed by atoms with Crippen LogP contribution in [0.15, 0.2) is 94.4 Å². The van der Waals surface area contributed by atoms with E-state index in [4.69, 9.17) is 4.42 Å². The van der Waals surface area contributed by atoms with E-state index < -0.39 is 10.0 Å². The Morgan fingerprint density at radius 1 is 0.969 bits per heavy atom. The van der Waals surface area contributed by atoms with Gasteiger partial charge in [0.25, 0.3) is 5.91 Å². The summed E-state index contributed by atoms with van der Waals surface area (Å²) in [6.07, 6.45) is 1.48. The lowest BCUT2D eigenvalue weighted by molar-refractivity contribution is 0.102. The van der Waals surface area contributed by atoms with Crippen LogP contribution in [0.4, 0.5) is 5.69 Å². The summed E-state index contributed by atoms with van der Waals surface area (Å²) in [5.74, 6) is 0.132. The largest absolute Gasteiger partial charge is 0.468 e. The van der Waals surface area contributed by atoms with Gasteiger partial charge in [0.2, 0.25) is 10.0 Å². The third kappa shape index (κ3) is 4.93. The molecule has 0 spiro atoms. The minimum atomic E-state index is -3.78. The molecule has 7 nitrogen and oxygen atoms in total. The lowest BCUT2D eigenvalue weighted by Gasteiger charge is -2.11. The Bertz CT molecular complexity index is 1330. The van der Waals surface area contributed by atoms with Crippen molar-refractivity contribution in [2.45, 2.75) is 18.4 Å². The SMILES string of the molecule is Cc1nc(-c2ccccc2)ccc1C(=O)Nc1cccc(S(=O)(=O)NCc2ccco2)c1. The van der Waals surface area contributed by atoms with Crippen molar-refractivity contribution in [3.05, 3.63) is 102 Å². The standard InChI is InChI=1S/C24H21N3O4S/c1-17-22(12-13-23(26-17)18-7-3-2-4-8-18)24(28)27-19-9-5-11-21(15-19)32(29,30)25-16-20-10-6-14-31-20/h2-15,25H,16H2,1H3,(H,27,28). The van der Waals surface area contributed by atoms with Crippen LogP contribution in [0.25, 0.3) is 11.3 Å². The highest BCUT2D eigenvalue weighted by atomic mass is 32.2. The predicted molar refractivity (Wildman–Crippen MR) is 122 cm³/mol. The van der Waals surface area contributed by atoms with E-state index in [1.165, 1.54) is 18.4 Å². The molecular formula is C24H21N3O4S. The number of hydrogen-bond acceptors (Lipinski definition) is 5. The van der Waals surface area contributed by atoms with Crippen LogP contribution in [-0.2, 0) is 16.6 Å². The van der Waals surface area contributed by atoms with Crippen molar-refractivity contribution in [2.75, 3.05) is 5.32 Å². The maximum absolute atomic E-state index is 12.8. The number of aromatic nitrogens is 1. The molecular weight excluding hydrogens is 426 g/mol. The zero-order valence-corrected chi connectivity index (χ0v) is 18.1. The first-order valence-electron chi connectivity index (χ1n) is 9.89. The van der Waals surface area contributed by atoms with Crippen molar-refractivity contribution in [3.8, 4) is 11.3 Å². The highest BCUT2D eigenvalue weighted by Crippen LogP contribution is 2.21. The molecule has 0 radical (unpaired) electrons. The quantitative estimate of drug-likeness (QED) is 0.438. The molecule has 0 bridgehead atoms. The third-order valence-corrected chi connectivity index (χ3v) is 6.22. The molecule has 0 atom stereocenters. The first-order chi connectivity index (χ1) is 15.4. The van der Waals surface area contributed by atoms with E-state index in [2.05, 4.69) is 15.0 Å². The van der Waals surface area contributed by atoms with Gasteiger partial charge in [0, 0.05) is 11.3 Å². The van der Waals surface area contributed by atoms with Crippen LogP contribution in [0.5, 0.6) is 0 Å². The number of benzene rings is 2. The van der Waals surface area contributed by atoms with Gasteiger partial charge in [-0.25, -0.2) is 13.1 Å². The molecule has 32 heavy (non-hydrogen) atoms. The third-order valence-electron chi connectivity index (χ3n) is 4.82. The number of amides is 1.